The largest absolute Gasteiger partial charge is 0.443 e. The number of carbonyl (C=O) groups excluding carboxylic acids is 1. The number of benzene rings is 1. The Morgan fingerprint density at radius 1 is 1.27 bits per heavy atom. The van der Waals surface area contributed by atoms with Crippen molar-refractivity contribution >= 4 is 11.9 Å². The third kappa shape index (κ3) is 4.44. The molecule has 2 aromatic rings. The number of ether oxygens (including phenoxy) is 1. The van der Waals surface area contributed by atoms with Gasteiger partial charge in [-0.25, -0.2) is 9.78 Å². The van der Waals surface area contributed by atoms with Gasteiger partial charge in [-0.05, 0) is 26.3 Å². The van der Waals surface area contributed by atoms with Gasteiger partial charge >= 0.3 is 6.09 Å². The maximum atomic E-state index is 12.4. The average Bonchev–Trinajstić information content (AvgIpc) is 2.44. The quantitative estimate of drug-likeness (QED) is 0.945. The molecule has 0 aliphatic heterocycles. The summed E-state index contributed by atoms with van der Waals surface area (Å²) in [5, 5.41) is 0. The van der Waals surface area contributed by atoms with E-state index in [2.05, 4.69) is 9.97 Å². The van der Waals surface area contributed by atoms with Crippen molar-refractivity contribution in [3.05, 3.63) is 58.6 Å². The standard InChI is InChI=1S/C16H19N3O3/c1-16(2,3)22-15(21)19(10-12-7-5-4-6-8-12)13-9-14(20)18-11-17-13/h4-9,11H,10H2,1-3H3,(H,17,18,20). The van der Waals surface area contributed by atoms with Crippen molar-refractivity contribution in [1.29, 1.82) is 0 Å². The highest BCUT2D eigenvalue weighted by molar-refractivity contribution is 5.86. The van der Waals surface area contributed by atoms with Crippen molar-refractivity contribution < 1.29 is 9.53 Å². The highest BCUT2D eigenvalue weighted by atomic mass is 16.6. The summed E-state index contributed by atoms with van der Waals surface area (Å²) < 4.78 is 5.40. The van der Waals surface area contributed by atoms with Crippen LogP contribution in [-0.2, 0) is 11.3 Å². The van der Waals surface area contributed by atoms with Gasteiger partial charge in [-0.3, -0.25) is 9.69 Å². The molecule has 0 aliphatic carbocycles. The van der Waals surface area contributed by atoms with Crippen LogP contribution in [0.4, 0.5) is 10.6 Å². The Labute approximate surface area is 128 Å². The highest BCUT2D eigenvalue weighted by Crippen LogP contribution is 2.17. The summed E-state index contributed by atoms with van der Waals surface area (Å²) in [6, 6.07) is 10.7. The summed E-state index contributed by atoms with van der Waals surface area (Å²) in [6.45, 7) is 5.64. The van der Waals surface area contributed by atoms with Crippen molar-refractivity contribution in [3.63, 3.8) is 0 Å². The van der Waals surface area contributed by atoms with Gasteiger partial charge < -0.3 is 9.72 Å². The minimum Gasteiger partial charge on any atom is -0.443 e. The molecule has 0 unspecified atom stereocenters. The number of aromatic amines is 1. The molecular formula is C16H19N3O3. The van der Waals surface area contributed by atoms with E-state index in [1.807, 2.05) is 30.3 Å². The number of rotatable bonds is 3. The lowest BCUT2D eigenvalue weighted by atomic mass is 10.2. The molecule has 1 aromatic carbocycles. The van der Waals surface area contributed by atoms with Crippen LogP contribution in [0.1, 0.15) is 26.3 Å². The highest BCUT2D eigenvalue weighted by Gasteiger charge is 2.24. The zero-order chi connectivity index (χ0) is 16.2. The molecule has 0 bridgehead atoms. The van der Waals surface area contributed by atoms with E-state index < -0.39 is 11.7 Å². The molecule has 1 aromatic heterocycles. The third-order valence-electron chi connectivity index (χ3n) is 2.74. The van der Waals surface area contributed by atoms with Crippen LogP contribution in [0.5, 0.6) is 0 Å². The molecule has 0 atom stereocenters. The first-order chi connectivity index (χ1) is 10.3. The fraction of sp³-hybridized carbons (Fsp3) is 0.312. The second-order valence-electron chi connectivity index (χ2n) is 5.82. The van der Waals surface area contributed by atoms with Crippen molar-refractivity contribution in [2.45, 2.75) is 32.9 Å². The molecule has 0 saturated heterocycles. The number of H-pyrrole nitrogens is 1. The van der Waals surface area contributed by atoms with E-state index in [4.69, 9.17) is 4.74 Å². The summed E-state index contributed by atoms with van der Waals surface area (Å²) >= 11 is 0. The number of aromatic nitrogens is 2. The van der Waals surface area contributed by atoms with E-state index in [9.17, 15) is 9.59 Å². The summed E-state index contributed by atoms with van der Waals surface area (Å²) in [5.74, 6) is 0.252. The molecule has 0 spiro atoms. The van der Waals surface area contributed by atoms with Crippen molar-refractivity contribution in [2.24, 2.45) is 0 Å². The number of carbonyl (C=O) groups is 1. The first kappa shape index (κ1) is 15.8. The molecule has 0 radical (unpaired) electrons. The van der Waals surface area contributed by atoms with Gasteiger partial charge in [0.05, 0.1) is 12.9 Å². The van der Waals surface area contributed by atoms with Crippen molar-refractivity contribution in [1.82, 2.24) is 9.97 Å². The monoisotopic (exact) mass is 301 g/mol. The number of nitrogens with one attached hydrogen (secondary N) is 1. The first-order valence-electron chi connectivity index (χ1n) is 6.94. The van der Waals surface area contributed by atoms with Gasteiger partial charge in [0.1, 0.15) is 11.4 Å². The van der Waals surface area contributed by atoms with Gasteiger partial charge in [0.15, 0.2) is 0 Å². The molecule has 116 valence electrons. The Morgan fingerprint density at radius 2 is 1.95 bits per heavy atom. The molecule has 22 heavy (non-hydrogen) atoms. The summed E-state index contributed by atoms with van der Waals surface area (Å²) in [4.78, 5) is 31.7. The number of hydrogen-bond donors (Lipinski definition) is 1. The van der Waals surface area contributed by atoms with Crippen LogP contribution in [0.3, 0.4) is 0 Å². The zero-order valence-electron chi connectivity index (χ0n) is 12.9. The van der Waals surface area contributed by atoms with Crippen LogP contribution < -0.4 is 10.5 Å². The number of amides is 1. The second kappa shape index (κ2) is 6.43. The number of hydrogen-bond acceptors (Lipinski definition) is 4. The Morgan fingerprint density at radius 3 is 2.55 bits per heavy atom. The fourth-order valence-electron chi connectivity index (χ4n) is 1.83. The number of nitrogens with zero attached hydrogens (tertiary/aromatic N) is 2. The van der Waals surface area contributed by atoms with E-state index in [1.165, 1.54) is 17.3 Å². The molecule has 0 saturated carbocycles. The van der Waals surface area contributed by atoms with Crippen LogP contribution >= 0.6 is 0 Å². The maximum Gasteiger partial charge on any atom is 0.416 e. The molecule has 1 heterocycles. The van der Waals surface area contributed by atoms with E-state index in [0.29, 0.717) is 0 Å². The fourth-order valence-corrected chi connectivity index (χ4v) is 1.83. The molecule has 2 rings (SSSR count). The minimum atomic E-state index is -0.632. The predicted octanol–water partition coefficient (Wildman–Crippen LogP) is 2.71. The Hall–Kier alpha value is -2.63. The summed E-state index contributed by atoms with van der Waals surface area (Å²) in [5.41, 5.74) is -0.0465. The molecule has 0 aliphatic rings. The number of anilines is 1. The Balaban J connectivity index is 2.32. The van der Waals surface area contributed by atoms with Gasteiger partial charge in [-0.1, -0.05) is 30.3 Å². The first-order valence-corrected chi connectivity index (χ1v) is 6.94. The van der Waals surface area contributed by atoms with Crippen LogP contribution in [0, 0.1) is 0 Å². The van der Waals surface area contributed by atoms with Gasteiger partial charge in [-0.15, -0.1) is 0 Å². The minimum absolute atomic E-state index is 0.252. The van der Waals surface area contributed by atoms with E-state index in [-0.39, 0.29) is 17.9 Å². The predicted molar refractivity (Wildman–Crippen MR) is 83.7 cm³/mol. The van der Waals surface area contributed by atoms with E-state index >= 15 is 0 Å². The molecule has 6 nitrogen and oxygen atoms in total. The van der Waals surface area contributed by atoms with Gasteiger partial charge in [0, 0.05) is 6.07 Å². The van der Waals surface area contributed by atoms with E-state index in [0.717, 1.165) is 5.56 Å². The Kier molecular flexibility index (Phi) is 4.60. The lowest BCUT2D eigenvalue weighted by Crippen LogP contribution is -2.37. The lowest BCUT2D eigenvalue weighted by Gasteiger charge is -2.26. The molecule has 6 heteroatoms. The molecular weight excluding hydrogens is 282 g/mol. The molecule has 1 N–H and O–H groups in total. The SMILES string of the molecule is CC(C)(C)OC(=O)N(Cc1ccccc1)c1cc(=O)[nH]cn1. The van der Waals surface area contributed by atoms with Crippen LogP contribution in [0.2, 0.25) is 0 Å². The smallest absolute Gasteiger partial charge is 0.416 e. The van der Waals surface area contributed by atoms with Gasteiger partial charge in [0.2, 0.25) is 0 Å². The van der Waals surface area contributed by atoms with Crippen LogP contribution in [0.25, 0.3) is 0 Å². The van der Waals surface area contributed by atoms with Crippen LogP contribution in [-0.4, -0.2) is 21.7 Å². The third-order valence-corrected chi connectivity index (χ3v) is 2.74. The van der Waals surface area contributed by atoms with Crippen molar-refractivity contribution in [3.8, 4) is 0 Å². The lowest BCUT2D eigenvalue weighted by molar-refractivity contribution is 0.0576. The Bertz CT molecular complexity index is 690. The topological polar surface area (TPSA) is 75.3 Å². The molecule has 1 amide bonds. The normalized spacial score (nSPS) is 11.0. The average molecular weight is 301 g/mol. The van der Waals surface area contributed by atoms with E-state index in [1.54, 1.807) is 20.8 Å². The van der Waals surface area contributed by atoms with Crippen molar-refractivity contribution in [2.75, 3.05) is 4.90 Å². The van der Waals surface area contributed by atoms with Gasteiger partial charge in [-0.2, -0.15) is 0 Å². The van der Waals surface area contributed by atoms with Crippen LogP contribution in [0.15, 0.2) is 47.5 Å². The second-order valence-corrected chi connectivity index (χ2v) is 5.82. The summed E-state index contributed by atoms with van der Waals surface area (Å²) in [7, 11) is 0. The van der Waals surface area contributed by atoms with Gasteiger partial charge in [0.25, 0.3) is 5.56 Å². The zero-order valence-corrected chi connectivity index (χ0v) is 12.9. The summed E-state index contributed by atoms with van der Waals surface area (Å²) in [6.07, 6.45) is 0.717. The molecule has 0 fully saturated rings. The maximum absolute atomic E-state index is 12.4.